The van der Waals surface area contributed by atoms with Crippen LogP contribution in [0, 0.1) is 0 Å². The van der Waals surface area contributed by atoms with Crippen LogP contribution in [-0.2, 0) is 11.3 Å². The molecular formula is C13H19N5OS. The molecule has 0 bridgehead atoms. The summed E-state index contributed by atoms with van der Waals surface area (Å²) in [6.45, 7) is 4.13. The zero-order chi connectivity index (χ0) is 14.1. The molecule has 1 amide bonds. The van der Waals surface area contributed by atoms with Crippen molar-refractivity contribution in [2.45, 2.75) is 25.9 Å². The molecular weight excluding hydrogens is 274 g/mol. The molecule has 1 fully saturated rings. The Hall–Kier alpha value is -1.60. The number of imidazole rings is 1. The van der Waals surface area contributed by atoms with Gasteiger partial charge in [-0.15, -0.1) is 11.3 Å². The number of nitrogens with zero attached hydrogens (tertiary/aromatic N) is 3. The molecule has 108 valence electrons. The number of rotatable bonds is 4. The molecule has 6 nitrogen and oxygen atoms in total. The Morgan fingerprint density at radius 3 is 3.20 bits per heavy atom. The second kappa shape index (κ2) is 5.41. The van der Waals surface area contributed by atoms with E-state index >= 15 is 0 Å². The van der Waals surface area contributed by atoms with Gasteiger partial charge in [-0.1, -0.05) is 0 Å². The molecule has 1 saturated heterocycles. The highest BCUT2D eigenvalue weighted by atomic mass is 32.1. The minimum absolute atomic E-state index is 0.0399. The first-order valence-corrected chi connectivity index (χ1v) is 7.68. The fourth-order valence-corrected chi connectivity index (χ4v) is 3.49. The van der Waals surface area contributed by atoms with E-state index in [1.165, 1.54) is 5.69 Å². The highest BCUT2D eigenvalue weighted by Gasteiger charge is 2.27. The maximum absolute atomic E-state index is 11.2. The van der Waals surface area contributed by atoms with Gasteiger partial charge in [-0.3, -0.25) is 9.20 Å². The van der Waals surface area contributed by atoms with E-state index in [1.54, 1.807) is 18.3 Å². The summed E-state index contributed by atoms with van der Waals surface area (Å²) in [6.07, 6.45) is 3.04. The Morgan fingerprint density at radius 2 is 2.45 bits per heavy atom. The van der Waals surface area contributed by atoms with Gasteiger partial charge in [-0.05, 0) is 13.5 Å². The summed E-state index contributed by atoms with van der Waals surface area (Å²) in [6, 6.07) is 0.231. The van der Waals surface area contributed by atoms with E-state index in [9.17, 15) is 4.79 Å². The molecule has 3 heterocycles. The van der Waals surface area contributed by atoms with Crippen molar-refractivity contribution < 1.29 is 4.79 Å². The van der Waals surface area contributed by atoms with Crippen LogP contribution >= 0.6 is 11.3 Å². The number of anilines is 1. The summed E-state index contributed by atoms with van der Waals surface area (Å²) >= 11 is 1.65. The SMILES string of the molecule is CNCc1c(N2CCC(NC(C)=O)C2)nc2sccn12. The summed E-state index contributed by atoms with van der Waals surface area (Å²) in [4.78, 5) is 19.2. The zero-order valence-electron chi connectivity index (χ0n) is 11.7. The molecule has 0 saturated carbocycles. The molecule has 20 heavy (non-hydrogen) atoms. The molecule has 1 atom stereocenters. The van der Waals surface area contributed by atoms with Crippen LogP contribution in [0.2, 0.25) is 0 Å². The van der Waals surface area contributed by atoms with Crippen LogP contribution in [0.4, 0.5) is 5.82 Å². The van der Waals surface area contributed by atoms with E-state index in [0.717, 1.165) is 36.8 Å². The Bertz CT molecular complexity index is 619. The van der Waals surface area contributed by atoms with Crippen molar-refractivity contribution in [3.8, 4) is 0 Å². The third-order valence-corrected chi connectivity index (χ3v) is 4.34. The van der Waals surface area contributed by atoms with E-state index in [4.69, 9.17) is 4.98 Å². The number of thiazole rings is 1. The Kier molecular flexibility index (Phi) is 3.62. The maximum atomic E-state index is 11.2. The van der Waals surface area contributed by atoms with Crippen molar-refractivity contribution in [3.05, 3.63) is 17.3 Å². The fraction of sp³-hybridized carbons (Fsp3) is 0.538. The highest BCUT2D eigenvalue weighted by molar-refractivity contribution is 7.15. The third kappa shape index (κ3) is 2.38. The van der Waals surface area contributed by atoms with Crippen molar-refractivity contribution in [2.24, 2.45) is 0 Å². The first-order chi connectivity index (χ1) is 9.69. The lowest BCUT2D eigenvalue weighted by atomic mass is 10.2. The van der Waals surface area contributed by atoms with Gasteiger partial charge in [0.15, 0.2) is 10.8 Å². The third-order valence-electron chi connectivity index (χ3n) is 3.58. The minimum atomic E-state index is 0.0399. The van der Waals surface area contributed by atoms with Crippen LogP contribution < -0.4 is 15.5 Å². The quantitative estimate of drug-likeness (QED) is 0.876. The first kappa shape index (κ1) is 13.4. The van der Waals surface area contributed by atoms with Gasteiger partial charge in [-0.2, -0.15) is 0 Å². The van der Waals surface area contributed by atoms with Crippen molar-refractivity contribution in [1.82, 2.24) is 20.0 Å². The van der Waals surface area contributed by atoms with Crippen LogP contribution in [0.3, 0.4) is 0 Å². The largest absolute Gasteiger partial charge is 0.353 e. The van der Waals surface area contributed by atoms with Gasteiger partial charge in [0.25, 0.3) is 0 Å². The molecule has 0 spiro atoms. The highest BCUT2D eigenvalue weighted by Crippen LogP contribution is 2.27. The molecule has 2 aromatic heterocycles. The average molecular weight is 293 g/mol. The monoisotopic (exact) mass is 293 g/mol. The number of hydrogen-bond acceptors (Lipinski definition) is 5. The molecule has 1 aliphatic heterocycles. The molecule has 3 rings (SSSR count). The van der Waals surface area contributed by atoms with Crippen LogP contribution in [0.5, 0.6) is 0 Å². The van der Waals surface area contributed by atoms with Gasteiger partial charge in [0, 0.05) is 44.2 Å². The average Bonchev–Trinajstić information content (AvgIpc) is 3.05. The van der Waals surface area contributed by atoms with E-state index in [2.05, 4.69) is 31.5 Å². The minimum Gasteiger partial charge on any atom is -0.353 e. The molecule has 2 N–H and O–H groups in total. The van der Waals surface area contributed by atoms with E-state index < -0.39 is 0 Å². The van der Waals surface area contributed by atoms with Gasteiger partial charge in [-0.25, -0.2) is 4.98 Å². The maximum Gasteiger partial charge on any atom is 0.217 e. The van der Waals surface area contributed by atoms with Gasteiger partial charge >= 0.3 is 0 Å². The summed E-state index contributed by atoms with van der Waals surface area (Å²) in [5.41, 5.74) is 1.19. The van der Waals surface area contributed by atoms with E-state index in [-0.39, 0.29) is 11.9 Å². The lowest BCUT2D eigenvalue weighted by Gasteiger charge is -2.18. The second-order valence-electron chi connectivity index (χ2n) is 5.10. The van der Waals surface area contributed by atoms with Crippen LogP contribution in [0.25, 0.3) is 4.96 Å². The molecule has 7 heteroatoms. The number of amides is 1. The van der Waals surface area contributed by atoms with E-state index in [0.29, 0.717) is 0 Å². The predicted octanol–water partition coefficient (Wildman–Crippen LogP) is 0.830. The van der Waals surface area contributed by atoms with Gasteiger partial charge in [0.05, 0.1) is 5.69 Å². The van der Waals surface area contributed by atoms with Gasteiger partial charge in [0.1, 0.15) is 0 Å². The van der Waals surface area contributed by atoms with Crippen molar-refractivity contribution >= 4 is 28.0 Å². The summed E-state index contributed by atoms with van der Waals surface area (Å²) < 4.78 is 2.14. The Morgan fingerprint density at radius 1 is 1.60 bits per heavy atom. The van der Waals surface area contributed by atoms with Crippen molar-refractivity contribution in [1.29, 1.82) is 0 Å². The smallest absolute Gasteiger partial charge is 0.217 e. The molecule has 1 aliphatic rings. The number of hydrogen-bond donors (Lipinski definition) is 2. The lowest BCUT2D eigenvalue weighted by molar-refractivity contribution is -0.119. The van der Waals surface area contributed by atoms with Gasteiger partial charge < -0.3 is 15.5 Å². The molecule has 0 aliphatic carbocycles. The van der Waals surface area contributed by atoms with Crippen molar-refractivity contribution in [2.75, 3.05) is 25.0 Å². The van der Waals surface area contributed by atoms with Crippen molar-refractivity contribution in [3.63, 3.8) is 0 Å². The second-order valence-corrected chi connectivity index (χ2v) is 5.97. The number of carbonyl (C=O) groups excluding carboxylic acids is 1. The summed E-state index contributed by atoms with van der Waals surface area (Å²) in [5, 5.41) is 8.25. The molecule has 0 aromatic carbocycles. The van der Waals surface area contributed by atoms with Crippen LogP contribution in [0.1, 0.15) is 19.0 Å². The topological polar surface area (TPSA) is 61.7 Å². The van der Waals surface area contributed by atoms with Crippen LogP contribution in [0.15, 0.2) is 11.6 Å². The van der Waals surface area contributed by atoms with E-state index in [1.807, 2.05) is 7.05 Å². The van der Waals surface area contributed by atoms with Gasteiger partial charge in [0.2, 0.25) is 5.91 Å². The first-order valence-electron chi connectivity index (χ1n) is 6.80. The Balaban J connectivity index is 1.85. The lowest BCUT2D eigenvalue weighted by Crippen LogP contribution is -2.35. The normalized spacial score (nSPS) is 18.9. The zero-order valence-corrected chi connectivity index (χ0v) is 12.5. The molecule has 2 aromatic rings. The van der Waals surface area contributed by atoms with Crippen LogP contribution in [-0.4, -0.2) is 41.5 Å². The fourth-order valence-electron chi connectivity index (χ4n) is 2.76. The standard InChI is InChI=1S/C13H19N5OS/c1-9(19)15-10-3-4-17(8-10)12-11(7-14-2)18-5-6-20-13(18)16-12/h5-6,10,14H,3-4,7-8H2,1-2H3,(H,15,19). The molecule has 1 unspecified atom stereocenters. The number of aromatic nitrogens is 2. The number of carbonyl (C=O) groups is 1. The summed E-state index contributed by atoms with van der Waals surface area (Å²) in [7, 11) is 1.94. The Labute approximate surface area is 121 Å². The summed E-state index contributed by atoms with van der Waals surface area (Å²) in [5.74, 6) is 1.08. The molecule has 0 radical (unpaired) electrons. The number of fused-ring (bicyclic) bond motifs is 1. The predicted molar refractivity (Wildman–Crippen MR) is 80.3 cm³/mol. The number of nitrogens with one attached hydrogen (secondary N) is 2.